The molecule has 0 saturated heterocycles. The third-order valence-corrected chi connectivity index (χ3v) is 5.23. The summed E-state index contributed by atoms with van der Waals surface area (Å²) < 4.78 is 4.28. The predicted octanol–water partition coefficient (Wildman–Crippen LogP) is 3.62. The summed E-state index contributed by atoms with van der Waals surface area (Å²) >= 11 is 2.49. The normalized spacial score (nSPS) is 10.7. The molecular formula is C17H22N4O2S2. The Hall–Kier alpha value is -2.06. The molecular weight excluding hydrogens is 356 g/mol. The van der Waals surface area contributed by atoms with Crippen molar-refractivity contribution in [2.24, 2.45) is 11.7 Å². The monoisotopic (exact) mass is 378 g/mol. The molecule has 8 heteroatoms. The maximum absolute atomic E-state index is 11.9. The number of primary amides is 1. The molecule has 1 aromatic carbocycles. The number of carbonyl (C=O) groups is 2. The van der Waals surface area contributed by atoms with E-state index < -0.39 is 5.91 Å². The maximum Gasteiger partial charge on any atom is 0.319 e. The number of carbonyl (C=O) groups excluding carboxylic acids is 2. The highest BCUT2D eigenvalue weighted by atomic mass is 32.2. The first kappa shape index (κ1) is 19.3. The molecule has 6 nitrogen and oxygen atoms in total. The van der Waals surface area contributed by atoms with Gasteiger partial charge < -0.3 is 11.1 Å². The Morgan fingerprint density at radius 2 is 1.96 bits per heavy atom. The number of hydrogen-bond donors (Lipinski definition) is 3. The van der Waals surface area contributed by atoms with Crippen LogP contribution in [0.15, 0.2) is 29.3 Å². The largest absolute Gasteiger partial charge is 0.365 e. The van der Waals surface area contributed by atoms with Gasteiger partial charge in [-0.25, -0.2) is 4.79 Å². The Morgan fingerprint density at radius 3 is 2.56 bits per heavy atom. The van der Waals surface area contributed by atoms with Crippen LogP contribution in [-0.4, -0.2) is 22.9 Å². The number of benzene rings is 1. The lowest BCUT2D eigenvalue weighted by Crippen LogP contribution is -2.32. The third-order valence-electron chi connectivity index (χ3n) is 3.30. The molecule has 0 aliphatic rings. The Bertz CT molecular complexity index is 742. The van der Waals surface area contributed by atoms with E-state index in [4.69, 9.17) is 5.73 Å². The Labute approximate surface area is 155 Å². The third kappa shape index (κ3) is 5.75. The van der Waals surface area contributed by atoms with E-state index in [1.807, 2.05) is 45.0 Å². The van der Waals surface area contributed by atoms with Crippen LogP contribution in [0.1, 0.15) is 35.3 Å². The van der Waals surface area contributed by atoms with Crippen LogP contribution < -0.4 is 16.4 Å². The maximum atomic E-state index is 11.9. The lowest BCUT2D eigenvalue weighted by atomic mass is 10.2. The number of nitrogens with one attached hydrogen (secondary N) is 2. The molecule has 0 aliphatic carbocycles. The first-order valence-corrected chi connectivity index (χ1v) is 9.65. The van der Waals surface area contributed by atoms with Crippen LogP contribution in [0.3, 0.4) is 0 Å². The number of nitrogens with zero attached hydrogens (tertiary/aromatic N) is 1. The van der Waals surface area contributed by atoms with Crippen molar-refractivity contribution < 1.29 is 9.59 Å². The van der Waals surface area contributed by atoms with Crippen molar-refractivity contribution >= 4 is 40.2 Å². The molecule has 0 bridgehead atoms. The van der Waals surface area contributed by atoms with Gasteiger partial charge in [0.05, 0.1) is 0 Å². The molecule has 4 N–H and O–H groups in total. The van der Waals surface area contributed by atoms with Crippen molar-refractivity contribution in [3.05, 3.63) is 41.0 Å². The number of aromatic nitrogens is 1. The molecule has 0 saturated carbocycles. The summed E-state index contributed by atoms with van der Waals surface area (Å²) in [6.45, 7) is 6.58. The second kappa shape index (κ2) is 8.87. The summed E-state index contributed by atoms with van der Waals surface area (Å²) in [6, 6.07) is 7.79. The highest BCUT2D eigenvalue weighted by Crippen LogP contribution is 2.33. The smallest absolute Gasteiger partial charge is 0.319 e. The SMILES string of the molecule is Cc1ccc(CSc2nsc(NC(=O)NCC(C)C)c2C(N)=O)cc1. The minimum Gasteiger partial charge on any atom is -0.365 e. The van der Waals surface area contributed by atoms with Crippen molar-refractivity contribution in [3.8, 4) is 0 Å². The Balaban J connectivity index is 2.06. The molecule has 0 unspecified atom stereocenters. The topological polar surface area (TPSA) is 97.1 Å². The van der Waals surface area contributed by atoms with E-state index in [2.05, 4.69) is 15.0 Å². The summed E-state index contributed by atoms with van der Waals surface area (Å²) in [5.41, 5.74) is 8.08. The molecule has 2 aromatic rings. The molecule has 25 heavy (non-hydrogen) atoms. The van der Waals surface area contributed by atoms with Gasteiger partial charge in [-0.2, -0.15) is 4.37 Å². The predicted molar refractivity (Wildman–Crippen MR) is 103 cm³/mol. The number of nitrogens with two attached hydrogens (primary N) is 1. The summed E-state index contributed by atoms with van der Waals surface area (Å²) in [5, 5.41) is 6.32. The first-order valence-electron chi connectivity index (χ1n) is 7.89. The zero-order chi connectivity index (χ0) is 18.4. The van der Waals surface area contributed by atoms with E-state index in [0.717, 1.165) is 17.1 Å². The molecule has 2 rings (SSSR count). The van der Waals surface area contributed by atoms with E-state index >= 15 is 0 Å². The quantitative estimate of drug-likeness (QED) is 0.641. The van der Waals surface area contributed by atoms with Gasteiger partial charge in [-0.15, -0.1) is 0 Å². The van der Waals surface area contributed by atoms with Crippen molar-refractivity contribution in [3.63, 3.8) is 0 Å². The molecule has 3 amide bonds. The Morgan fingerprint density at radius 1 is 1.28 bits per heavy atom. The van der Waals surface area contributed by atoms with Crippen LogP contribution in [0.25, 0.3) is 0 Å². The average molecular weight is 379 g/mol. The summed E-state index contributed by atoms with van der Waals surface area (Å²) in [7, 11) is 0. The molecule has 0 fully saturated rings. The fourth-order valence-electron chi connectivity index (χ4n) is 1.96. The van der Waals surface area contributed by atoms with Crippen molar-refractivity contribution in [2.45, 2.75) is 31.6 Å². The van der Waals surface area contributed by atoms with Gasteiger partial charge in [0.2, 0.25) is 0 Å². The van der Waals surface area contributed by atoms with Crippen LogP contribution >= 0.6 is 23.3 Å². The van der Waals surface area contributed by atoms with Crippen molar-refractivity contribution in [2.75, 3.05) is 11.9 Å². The van der Waals surface area contributed by atoms with E-state index in [0.29, 0.717) is 28.2 Å². The molecule has 0 radical (unpaired) electrons. The van der Waals surface area contributed by atoms with E-state index in [1.54, 1.807) is 0 Å². The van der Waals surface area contributed by atoms with Gasteiger partial charge in [0, 0.05) is 12.3 Å². The van der Waals surface area contributed by atoms with Crippen molar-refractivity contribution in [1.82, 2.24) is 9.69 Å². The number of rotatable bonds is 7. The summed E-state index contributed by atoms with van der Waals surface area (Å²) in [5.74, 6) is 0.409. The lowest BCUT2D eigenvalue weighted by Gasteiger charge is -2.08. The van der Waals surface area contributed by atoms with Crippen LogP contribution in [0.4, 0.5) is 9.80 Å². The standard InChI is InChI=1S/C17H22N4O2S2/c1-10(2)8-19-17(23)20-15-13(14(18)22)16(21-25-15)24-9-12-6-4-11(3)5-7-12/h4-7,10H,8-9H2,1-3H3,(H2,18,22)(H2,19,20,23). The molecule has 0 atom stereocenters. The first-order chi connectivity index (χ1) is 11.9. The molecule has 134 valence electrons. The van der Waals surface area contributed by atoms with Gasteiger partial charge in [-0.3, -0.25) is 10.1 Å². The van der Waals surface area contributed by atoms with Crippen LogP contribution in [0.5, 0.6) is 0 Å². The molecule has 1 heterocycles. The minimum absolute atomic E-state index is 0.266. The molecule has 0 aliphatic heterocycles. The zero-order valence-electron chi connectivity index (χ0n) is 14.5. The lowest BCUT2D eigenvalue weighted by molar-refractivity contribution is 0.0998. The van der Waals surface area contributed by atoms with Gasteiger partial charge in [0.15, 0.2) is 0 Å². The minimum atomic E-state index is -0.598. The highest BCUT2D eigenvalue weighted by Gasteiger charge is 2.20. The van der Waals surface area contributed by atoms with E-state index in [1.165, 1.54) is 17.3 Å². The fraction of sp³-hybridized carbons (Fsp3) is 0.353. The second-order valence-electron chi connectivity index (χ2n) is 6.06. The zero-order valence-corrected chi connectivity index (χ0v) is 16.1. The van der Waals surface area contributed by atoms with Gasteiger partial charge in [0.25, 0.3) is 5.91 Å². The van der Waals surface area contributed by atoms with E-state index in [-0.39, 0.29) is 11.6 Å². The second-order valence-corrected chi connectivity index (χ2v) is 7.80. The van der Waals surface area contributed by atoms with Gasteiger partial charge in [-0.05, 0) is 29.9 Å². The van der Waals surface area contributed by atoms with Crippen LogP contribution in [0, 0.1) is 12.8 Å². The van der Waals surface area contributed by atoms with Crippen LogP contribution in [-0.2, 0) is 5.75 Å². The number of anilines is 1. The van der Waals surface area contributed by atoms with Gasteiger partial charge in [0.1, 0.15) is 15.6 Å². The molecule has 0 spiro atoms. The van der Waals surface area contributed by atoms with Crippen molar-refractivity contribution in [1.29, 1.82) is 0 Å². The van der Waals surface area contributed by atoms with Gasteiger partial charge in [-0.1, -0.05) is 55.4 Å². The number of aryl methyl sites for hydroxylation is 1. The number of hydrogen-bond acceptors (Lipinski definition) is 5. The number of amides is 3. The van der Waals surface area contributed by atoms with E-state index in [9.17, 15) is 9.59 Å². The summed E-state index contributed by atoms with van der Waals surface area (Å²) in [6.07, 6.45) is 0. The fourth-order valence-corrected chi connectivity index (χ4v) is 3.88. The van der Waals surface area contributed by atoms with Gasteiger partial charge >= 0.3 is 6.03 Å². The number of thioether (sulfide) groups is 1. The highest BCUT2D eigenvalue weighted by molar-refractivity contribution is 7.98. The Kier molecular flexibility index (Phi) is 6.83. The number of urea groups is 1. The summed E-state index contributed by atoms with van der Waals surface area (Å²) in [4.78, 5) is 23.7. The average Bonchev–Trinajstić information content (AvgIpc) is 2.95. The van der Waals surface area contributed by atoms with Crippen LogP contribution in [0.2, 0.25) is 0 Å². The molecule has 1 aromatic heterocycles.